The molecule has 0 fully saturated rings. The third-order valence-electron chi connectivity index (χ3n) is 2.13. The quantitative estimate of drug-likeness (QED) is 0.501. The molecule has 2 nitrogen and oxygen atoms in total. The standard InChI is InChI=1S/C13H18N2/c1-4-6-11(3)8-12(7-5-2)13(9-14)10-15/h8H,4-7H2,1-3H3/b11-8-. The van der Waals surface area contributed by atoms with E-state index in [1.807, 2.05) is 25.1 Å². The summed E-state index contributed by atoms with van der Waals surface area (Å²) in [4.78, 5) is 0. The minimum atomic E-state index is 0.257. The molecule has 0 saturated heterocycles. The van der Waals surface area contributed by atoms with Crippen LogP contribution >= 0.6 is 0 Å². The molecular formula is C13H18N2. The van der Waals surface area contributed by atoms with Gasteiger partial charge in [0.2, 0.25) is 0 Å². The van der Waals surface area contributed by atoms with Crippen LogP contribution in [0.15, 0.2) is 22.8 Å². The second kappa shape index (κ2) is 7.83. The zero-order chi connectivity index (χ0) is 11.7. The van der Waals surface area contributed by atoms with E-state index in [0.29, 0.717) is 0 Å². The van der Waals surface area contributed by atoms with Gasteiger partial charge in [0, 0.05) is 0 Å². The molecule has 2 heteroatoms. The summed E-state index contributed by atoms with van der Waals surface area (Å²) in [7, 11) is 0. The summed E-state index contributed by atoms with van der Waals surface area (Å²) in [5, 5.41) is 17.6. The first kappa shape index (κ1) is 13.5. The Hall–Kier alpha value is -1.54. The molecule has 15 heavy (non-hydrogen) atoms. The average molecular weight is 202 g/mol. The molecule has 0 spiro atoms. The van der Waals surface area contributed by atoms with Crippen LogP contribution < -0.4 is 0 Å². The van der Waals surface area contributed by atoms with Gasteiger partial charge in [-0.3, -0.25) is 0 Å². The molecule has 0 radical (unpaired) electrons. The van der Waals surface area contributed by atoms with Crippen LogP contribution in [0.2, 0.25) is 0 Å². The summed E-state index contributed by atoms with van der Waals surface area (Å²) in [5.74, 6) is 0. The van der Waals surface area contributed by atoms with Gasteiger partial charge in [-0.25, -0.2) is 0 Å². The van der Waals surface area contributed by atoms with E-state index >= 15 is 0 Å². The Labute approximate surface area is 92.5 Å². The molecule has 0 saturated carbocycles. The van der Waals surface area contributed by atoms with Crippen LogP contribution in [-0.2, 0) is 0 Å². The second-order valence-electron chi connectivity index (χ2n) is 3.61. The van der Waals surface area contributed by atoms with Gasteiger partial charge in [-0.05, 0) is 25.3 Å². The van der Waals surface area contributed by atoms with Crippen molar-refractivity contribution in [1.29, 1.82) is 10.5 Å². The molecule has 0 heterocycles. The van der Waals surface area contributed by atoms with E-state index in [0.717, 1.165) is 31.3 Å². The van der Waals surface area contributed by atoms with Gasteiger partial charge in [-0.15, -0.1) is 0 Å². The average Bonchev–Trinajstić information content (AvgIpc) is 2.20. The summed E-state index contributed by atoms with van der Waals surface area (Å²) in [5.41, 5.74) is 2.38. The molecule has 0 aliphatic carbocycles. The molecule has 0 aromatic carbocycles. The lowest BCUT2D eigenvalue weighted by Gasteiger charge is -2.02. The minimum Gasteiger partial charge on any atom is -0.192 e. The van der Waals surface area contributed by atoms with E-state index in [1.54, 1.807) is 0 Å². The summed E-state index contributed by atoms with van der Waals surface area (Å²) in [6.45, 7) is 6.22. The Bertz CT molecular complexity index is 319. The third-order valence-corrected chi connectivity index (χ3v) is 2.13. The molecule has 0 aromatic rings. The van der Waals surface area contributed by atoms with Crippen molar-refractivity contribution in [1.82, 2.24) is 0 Å². The van der Waals surface area contributed by atoms with Crippen molar-refractivity contribution in [3.63, 3.8) is 0 Å². The number of rotatable bonds is 5. The fourth-order valence-corrected chi connectivity index (χ4v) is 1.47. The Morgan fingerprint density at radius 2 is 1.60 bits per heavy atom. The molecule has 0 unspecified atom stereocenters. The maximum atomic E-state index is 8.81. The molecule has 0 aliphatic heterocycles. The van der Waals surface area contributed by atoms with E-state index in [-0.39, 0.29) is 5.57 Å². The van der Waals surface area contributed by atoms with Gasteiger partial charge in [0.15, 0.2) is 0 Å². The molecule has 0 amide bonds. The van der Waals surface area contributed by atoms with Crippen molar-refractivity contribution in [3.05, 3.63) is 22.8 Å². The Morgan fingerprint density at radius 3 is 2.00 bits per heavy atom. The monoisotopic (exact) mass is 202 g/mol. The number of nitrogens with zero attached hydrogens (tertiary/aromatic N) is 2. The van der Waals surface area contributed by atoms with Gasteiger partial charge >= 0.3 is 0 Å². The van der Waals surface area contributed by atoms with Crippen molar-refractivity contribution in [2.24, 2.45) is 0 Å². The normalized spacial score (nSPS) is 10.3. The van der Waals surface area contributed by atoms with Gasteiger partial charge in [0.25, 0.3) is 0 Å². The topological polar surface area (TPSA) is 47.6 Å². The number of hydrogen-bond donors (Lipinski definition) is 0. The van der Waals surface area contributed by atoms with Crippen LogP contribution in [0.5, 0.6) is 0 Å². The largest absolute Gasteiger partial charge is 0.192 e. The molecule has 80 valence electrons. The van der Waals surface area contributed by atoms with E-state index in [1.165, 1.54) is 5.57 Å². The SMILES string of the molecule is CCCC(/C=C(/C)CCC)=C(C#N)C#N. The van der Waals surface area contributed by atoms with Crippen LogP contribution in [-0.4, -0.2) is 0 Å². The van der Waals surface area contributed by atoms with E-state index in [9.17, 15) is 0 Å². The predicted octanol–water partition coefficient (Wildman–Crippen LogP) is 3.88. The van der Waals surface area contributed by atoms with Gasteiger partial charge in [-0.1, -0.05) is 38.3 Å². The Morgan fingerprint density at radius 1 is 1.07 bits per heavy atom. The van der Waals surface area contributed by atoms with Gasteiger partial charge in [0.05, 0.1) is 0 Å². The highest BCUT2D eigenvalue weighted by atomic mass is 14.3. The Balaban J connectivity index is 5.01. The zero-order valence-electron chi connectivity index (χ0n) is 9.80. The van der Waals surface area contributed by atoms with Gasteiger partial charge in [-0.2, -0.15) is 10.5 Å². The molecule has 0 N–H and O–H groups in total. The number of allylic oxidation sites excluding steroid dienone is 4. The first-order chi connectivity index (χ1) is 7.19. The Kier molecular flexibility index (Phi) is 7.02. The molecule has 0 bridgehead atoms. The van der Waals surface area contributed by atoms with Crippen molar-refractivity contribution < 1.29 is 0 Å². The summed E-state index contributed by atoms with van der Waals surface area (Å²) in [6.07, 6.45) is 5.87. The summed E-state index contributed by atoms with van der Waals surface area (Å²) in [6, 6.07) is 3.92. The molecule has 0 atom stereocenters. The van der Waals surface area contributed by atoms with Crippen molar-refractivity contribution in [3.8, 4) is 12.1 Å². The highest BCUT2D eigenvalue weighted by Gasteiger charge is 2.02. The fourth-order valence-electron chi connectivity index (χ4n) is 1.47. The molecular weight excluding hydrogens is 184 g/mol. The first-order valence-corrected chi connectivity index (χ1v) is 5.40. The zero-order valence-corrected chi connectivity index (χ0v) is 9.80. The summed E-state index contributed by atoms with van der Waals surface area (Å²) < 4.78 is 0. The van der Waals surface area contributed by atoms with Gasteiger partial charge < -0.3 is 0 Å². The van der Waals surface area contributed by atoms with E-state index < -0.39 is 0 Å². The minimum absolute atomic E-state index is 0.257. The maximum absolute atomic E-state index is 8.81. The second-order valence-corrected chi connectivity index (χ2v) is 3.61. The van der Waals surface area contributed by atoms with Crippen LogP contribution in [0.1, 0.15) is 46.5 Å². The van der Waals surface area contributed by atoms with Crippen LogP contribution in [0.25, 0.3) is 0 Å². The highest BCUT2D eigenvalue weighted by Crippen LogP contribution is 2.16. The van der Waals surface area contributed by atoms with Crippen molar-refractivity contribution in [2.75, 3.05) is 0 Å². The van der Waals surface area contributed by atoms with Crippen LogP contribution in [0.3, 0.4) is 0 Å². The number of hydrogen-bond acceptors (Lipinski definition) is 2. The summed E-state index contributed by atoms with van der Waals surface area (Å²) >= 11 is 0. The third kappa shape index (κ3) is 5.03. The smallest absolute Gasteiger partial charge is 0.132 e. The lowest BCUT2D eigenvalue weighted by molar-refractivity contribution is 0.886. The lowest BCUT2D eigenvalue weighted by atomic mass is 10.0. The van der Waals surface area contributed by atoms with Crippen LogP contribution in [0.4, 0.5) is 0 Å². The maximum Gasteiger partial charge on any atom is 0.132 e. The van der Waals surface area contributed by atoms with Crippen LogP contribution in [0, 0.1) is 22.7 Å². The van der Waals surface area contributed by atoms with Gasteiger partial charge in [0.1, 0.15) is 17.7 Å². The fraction of sp³-hybridized carbons (Fsp3) is 0.538. The van der Waals surface area contributed by atoms with Crippen molar-refractivity contribution in [2.45, 2.75) is 46.5 Å². The van der Waals surface area contributed by atoms with E-state index in [4.69, 9.17) is 10.5 Å². The van der Waals surface area contributed by atoms with E-state index in [2.05, 4.69) is 13.8 Å². The molecule has 0 rings (SSSR count). The van der Waals surface area contributed by atoms with Crippen molar-refractivity contribution >= 4 is 0 Å². The predicted molar refractivity (Wildman–Crippen MR) is 61.8 cm³/mol. The molecule has 0 aromatic heterocycles. The highest BCUT2D eigenvalue weighted by molar-refractivity contribution is 5.45. The lowest BCUT2D eigenvalue weighted by Crippen LogP contribution is -1.87. The molecule has 0 aliphatic rings. The number of nitriles is 2. The first-order valence-electron chi connectivity index (χ1n) is 5.40.